The summed E-state index contributed by atoms with van der Waals surface area (Å²) in [6.07, 6.45) is 8.08. The molecule has 174 valence electrons. The Morgan fingerprint density at radius 1 is 1.09 bits per heavy atom. The molecule has 2 aromatic rings. The highest BCUT2D eigenvalue weighted by atomic mass is 32.2. The number of carboxylic acids is 1. The van der Waals surface area contributed by atoms with Gasteiger partial charge >= 0.3 is 5.97 Å². The summed E-state index contributed by atoms with van der Waals surface area (Å²) in [5.41, 5.74) is 1.02. The second kappa shape index (κ2) is 11.8. The molecule has 7 heteroatoms. The van der Waals surface area contributed by atoms with Crippen molar-refractivity contribution in [2.45, 2.75) is 58.4 Å². The highest BCUT2D eigenvalue weighted by molar-refractivity contribution is 7.85. The number of anilines is 1. The van der Waals surface area contributed by atoms with Crippen LogP contribution >= 0.6 is 11.3 Å². The van der Waals surface area contributed by atoms with Gasteiger partial charge in [-0.05, 0) is 36.3 Å². The SMILES string of the molecule is CC1CCC(C)CC1.O=CN(c1sc(-c2ccccc2)cc1C(=O)O)C1CCCS(=O)C1. The summed E-state index contributed by atoms with van der Waals surface area (Å²) in [5, 5.41) is 9.94. The van der Waals surface area contributed by atoms with Crippen molar-refractivity contribution in [3.63, 3.8) is 0 Å². The van der Waals surface area contributed by atoms with E-state index in [-0.39, 0.29) is 11.6 Å². The third-order valence-electron chi connectivity index (χ3n) is 6.33. The predicted molar refractivity (Wildman–Crippen MR) is 133 cm³/mol. The zero-order valence-corrected chi connectivity index (χ0v) is 20.5. The molecule has 2 atom stereocenters. The predicted octanol–water partition coefficient (Wildman–Crippen LogP) is 5.82. The molecule has 2 fully saturated rings. The second-order valence-corrected chi connectivity index (χ2v) is 11.6. The van der Waals surface area contributed by atoms with Crippen molar-refractivity contribution in [2.75, 3.05) is 16.4 Å². The Hall–Kier alpha value is -1.99. The average Bonchev–Trinajstić information content (AvgIpc) is 3.23. The maximum Gasteiger partial charge on any atom is 0.338 e. The summed E-state index contributed by atoms with van der Waals surface area (Å²) in [5.74, 6) is 2.02. The van der Waals surface area contributed by atoms with E-state index in [1.165, 1.54) is 41.9 Å². The van der Waals surface area contributed by atoms with Crippen LogP contribution in [0.2, 0.25) is 0 Å². The topological polar surface area (TPSA) is 74.7 Å². The lowest BCUT2D eigenvalue weighted by Crippen LogP contribution is -2.41. The number of amides is 1. The molecule has 4 rings (SSSR count). The van der Waals surface area contributed by atoms with Crippen molar-refractivity contribution in [3.05, 3.63) is 42.0 Å². The molecule has 0 bridgehead atoms. The van der Waals surface area contributed by atoms with Crippen molar-refractivity contribution in [1.29, 1.82) is 0 Å². The van der Waals surface area contributed by atoms with E-state index in [0.29, 0.717) is 22.9 Å². The van der Waals surface area contributed by atoms with Gasteiger partial charge in [-0.15, -0.1) is 11.3 Å². The third kappa shape index (κ3) is 6.51. The fraction of sp³-hybridized carbons (Fsp3) is 0.520. The van der Waals surface area contributed by atoms with Gasteiger partial charge in [0.05, 0.1) is 5.56 Å². The number of nitrogens with zero attached hydrogens (tertiary/aromatic N) is 1. The van der Waals surface area contributed by atoms with Crippen molar-refractivity contribution >= 4 is 39.5 Å². The fourth-order valence-electron chi connectivity index (χ4n) is 4.28. The number of benzene rings is 1. The molecule has 1 aliphatic heterocycles. The van der Waals surface area contributed by atoms with Crippen LogP contribution in [-0.2, 0) is 15.6 Å². The number of carboxylic acid groups (broad SMARTS) is 1. The molecule has 2 unspecified atom stereocenters. The van der Waals surface area contributed by atoms with E-state index in [1.807, 2.05) is 30.3 Å². The van der Waals surface area contributed by atoms with E-state index in [1.54, 1.807) is 6.07 Å². The molecule has 2 aliphatic rings. The summed E-state index contributed by atoms with van der Waals surface area (Å²) in [4.78, 5) is 25.6. The van der Waals surface area contributed by atoms with Gasteiger partial charge in [0.25, 0.3) is 0 Å². The van der Waals surface area contributed by atoms with E-state index in [4.69, 9.17) is 0 Å². The number of hydrogen-bond donors (Lipinski definition) is 1. The third-order valence-corrected chi connectivity index (χ3v) is 9.03. The Bertz CT molecular complexity index is 909. The normalized spacial score (nSPS) is 25.3. The van der Waals surface area contributed by atoms with Gasteiger partial charge in [0.2, 0.25) is 6.41 Å². The number of carbonyl (C=O) groups excluding carboxylic acids is 1. The van der Waals surface area contributed by atoms with E-state index >= 15 is 0 Å². The lowest BCUT2D eigenvalue weighted by molar-refractivity contribution is -0.107. The van der Waals surface area contributed by atoms with Crippen LogP contribution in [0.4, 0.5) is 5.00 Å². The number of carbonyl (C=O) groups is 2. The van der Waals surface area contributed by atoms with Gasteiger partial charge < -0.3 is 10.0 Å². The highest BCUT2D eigenvalue weighted by Crippen LogP contribution is 2.39. The van der Waals surface area contributed by atoms with Crippen LogP contribution < -0.4 is 4.90 Å². The first kappa shape index (κ1) is 24.6. The van der Waals surface area contributed by atoms with Crippen LogP contribution in [0.3, 0.4) is 0 Å². The number of aromatic carboxylic acids is 1. The first-order valence-electron chi connectivity index (χ1n) is 11.4. The summed E-state index contributed by atoms with van der Waals surface area (Å²) in [6, 6.07) is 10.9. The summed E-state index contributed by atoms with van der Waals surface area (Å²) < 4.78 is 11.8. The molecule has 0 spiro atoms. The zero-order chi connectivity index (χ0) is 23.1. The molecule has 1 N–H and O–H groups in total. The monoisotopic (exact) mass is 475 g/mol. The molecule has 1 aliphatic carbocycles. The molecule has 2 heterocycles. The average molecular weight is 476 g/mol. The van der Waals surface area contributed by atoms with Crippen molar-refractivity contribution in [3.8, 4) is 10.4 Å². The van der Waals surface area contributed by atoms with E-state index in [2.05, 4.69) is 13.8 Å². The molecule has 1 amide bonds. The van der Waals surface area contributed by atoms with Crippen LogP contribution in [0.5, 0.6) is 0 Å². The maximum absolute atomic E-state index is 11.8. The van der Waals surface area contributed by atoms with E-state index < -0.39 is 16.8 Å². The van der Waals surface area contributed by atoms with Crippen LogP contribution in [0.15, 0.2) is 36.4 Å². The van der Waals surface area contributed by atoms with Crippen LogP contribution in [0.25, 0.3) is 10.4 Å². The molecule has 1 aromatic carbocycles. The minimum Gasteiger partial charge on any atom is -0.478 e. The maximum atomic E-state index is 11.8. The Morgan fingerprint density at radius 2 is 1.72 bits per heavy atom. The van der Waals surface area contributed by atoms with Gasteiger partial charge in [0.15, 0.2) is 0 Å². The largest absolute Gasteiger partial charge is 0.478 e. The summed E-state index contributed by atoms with van der Waals surface area (Å²) in [7, 11) is -0.956. The Kier molecular flexibility index (Phi) is 9.05. The van der Waals surface area contributed by atoms with Gasteiger partial charge in [-0.3, -0.25) is 9.00 Å². The van der Waals surface area contributed by atoms with Crippen LogP contribution in [0.1, 0.15) is 62.7 Å². The lowest BCUT2D eigenvalue weighted by Gasteiger charge is -2.30. The molecular formula is C25H33NO4S2. The smallest absolute Gasteiger partial charge is 0.338 e. The summed E-state index contributed by atoms with van der Waals surface area (Å²) in [6.45, 7) is 4.73. The molecule has 1 saturated heterocycles. The van der Waals surface area contributed by atoms with Gasteiger partial charge in [-0.25, -0.2) is 4.79 Å². The zero-order valence-electron chi connectivity index (χ0n) is 18.9. The minimum absolute atomic E-state index is 0.113. The highest BCUT2D eigenvalue weighted by Gasteiger charge is 2.29. The Morgan fingerprint density at radius 3 is 2.25 bits per heavy atom. The quantitative estimate of drug-likeness (QED) is 0.553. The van der Waals surface area contributed by atoms with Gasteiger partial charge in [-0.1, -0.05) is 69.9 Å². The van der Waals surface area contributed by atoms with E-state index in [9.17, 15) is 18.9 Å². The van der Waals surface area contributed by atoms with Gasteiger partial charge in [-0.2, -0.15) is 0 Å². The number of rotatable bonds is 5. The van der Waals surface area contributed by atoms with Crippen LogP contribution in [0, 0.1) is 11.8 Å². The molecule has 1 aromatic heterocycles. The van der Waals surface area contributed by atoms with E-state index in [0.717, 1.165) is 35.1 Å². The van der Waals surface area contributed by atoms with Crippen LogP contribution in [-0.4, -0.2) is 39.2 Å². The molecule has 0 radical (unpaired) electrons. The number of thiophene rings is 1. The molecule has 1 saturated carbocycles. The first-order chi connectivity index (χ1) is 15.4. The van der Waals surface area contributed by atoms with Crippen molar-refractivity contribution < 1.29 is 18.9 Å². The van der Waals surface area contributed by atoms with Gasteiger partial charge in [0, 0.05) is 33.2 Å². The molecule has 5 nitrogen and oxygen atoms in total. The fourth-order valence-corrected chi connectivity index (χ4v) is 6.88. The molecule has 32 heavy (non-hydrogen) atoms. The standard InChI is InChI=1S/C17H17NO4S2.C8H16/c19-11-18(13-7-4-8-24(22)10-13)16-14(17(20)21)9-15(23-16)12-5-2-1-3-6-12;1-7-3-5-8(2)6-4-7/h1-3,5-6,9,11,13H,4,7-8,10H2,(H,20,21);7-8H,3-6H2,1-2H3. The lowest BCUT2D eigenvalue weighted by atomic mass is 9.84. The Labute approximate surface area is 197 Å². The Balaban J connectivity index is 0.000000305. The second-order valence-electron chi connectivity index (χ2n) is 8.99. The summed E-state index contributed by atoms with van der Waals surface area (Å²) >= 11 is 1.28. The first-order valence-corrected chi connectivity index (χ1v) is 13.7. The van der Waals surface area contributed by atoms with Crippen molar-refractivity contribution in [2.24, 2.45) is 11.8 Å². The van der Waals surface area contributed by atoms with Gasteiger partial charge in [0.1, 0.15) is 5.00 Å². The molecular weight excluding hydrogens is 442 g/mol. The minimum atomic E-state index is -1.06. The van der Waals surface area contributed by atoms with Crippen molar-refractivity contribution in [1.82, 2.24) is 0 Å². The number of hydrogen-bond acceptors (Lipinski definition) is 4.